The van der Waals surface area contributed by atoms with Crippen LogP contribution in [0.25, 0.3) is 88.7 Å². The van der Waals surface area contributed by atoms with E-state index in [1.807, 2.05) is 12.1 Å². The Morgan fingerprint density at radius 3 is 1.44 bits per heavy atom. The normalized spacial score (nSPS) is 11.3. The van der Waals surface area contributed by atoms with Gasteiger partial charge >= 0.3 is 0 Å². The first-order valence-electron chi connectivity index (χ1n) is 21.6. The van der Waals surface area contributed by atoms with Crippen LogP contribution in [0.1, 0.15) is 5.56 Å². The fraction of sp³-hybridized carbons (Fsp3) is 0.0164. The van der Waals surface area contributed by atoms with Gasteiger partial charge in [-0.3, -0.25) is 0 Å². The summed E-state index contributed by atoms with van der Waals surface area (Å²) in [4.78, 5) is 2.38. The molecular weight excluding hydrogens is 763 g/mol. The second-order valence-corrected chi connectivity index (χ2v) is 16.2. The molecule has 0 aliphatic rings. The molecule has 1 heterocycles. The van der Waals surface area contributed by atoms with Crippen LogP contribution >= 0.6 is 0 Å². The molecule has 0 aliphatic carbocycles. The Balaban J connectivity index is 0.926. The quantitative estimate of drug-likeness (QED) is 0.144. The van der Waals surface area contributed by atoms with Gasteiger partial charge < -0.3 is 9.32 Å². The third kappa shape index (κ3) is 7.39. The number of aryl methyl sites for hydroxylation is 1. The van der Waals surface area contributed by atoms with Crippen LogP contribution in [0.5, 0.6) is 0 Å². The second-order valence-electron chi connectivity index (χ2n) is 16.2. The zero-order chi connectivity index (χ0) is 42.1. The third-order valence-electron chi connectivity index (χ3n) is 12.3. The van der Waals surface area contributed by atoms with Crippen molar-refractivity contribution in [3.8, 4) is 67.0 Å². The van der Waals surface area contributed by atoms with Crippen LogP contribution in [0.2, 0.25) is 0 Å². The van der Waals surface area contributed by atoms with Gasteiger partial charge in [-0.15, -0.1) is 0 Å². The van der Waals surface area contributed by atoms with Gasteiger partial charge in [0.05, 0.1) is 5.69 Å². The lowest BCUT2D eigenvalue weighted by atomic mass is 9.97. The lowest BCUT2D eigenvalue weighted by Crippen LogP contribution is -2.11. The molecule has 0 spiro atoms. The Kier molecular flexibility index (Phi) is 9.80. The van der Waals surface area contributed by atoms with Crippen molar-refractivity contribution in [2.75, 3.05) is 4.90 Å². The molecule has 63 heavy (non-hydrogen) atoms. The first kappa shape index (κ1) is 37.8. The van der Waals surface area contributed by atoms with E-state index in [9.17, 15) is 0 Å². The maximum absolute atomic E-state index is 6.32. The first-order valence-corrected chi connectivity index (χ1v) is 21.6. The Labute approximate surface area is 368 Å². The lowest BCUT2D eigenvalue weighted by molar-refractivity contribution is 0.629. The summed E-state index contributed by atoms with van der Waals surface area (Å²) in [6.45, 7) is 2.14. The Morgan fingerprint density at radius 1 is 0.317 bits per heavy atom. The van der Waals surface area contributed by atoms with Crippen molar-refractivity contribution < 1.29 is 4.42 Å². The highest BCUT2D eigenvalue weighted by Crippen LogP contribution is 2.43. The molecule has 0 N–H and O–H groups in total. The van der Waals surface area contributed by atoms with Crippen molar-refractivity contribution in [1.82, 2.24) is 0 Å². The smallest absolute Gasteiger partial charge is 0.138 e. The maximum atomic E-state index is 6.32. The minimum atomic E-state index is 0.918. The SMILES string of the molecule is Cc1c(-c2cccc(-c3ccc(-c4ccc(N(c5ccc(-c6ccc7ccccc7c6)cc5)c5ccccc5-c5ccc(-c6ccccc6)cc5)cc4)cc3)c2)oc2ccccc12. The lowest BCUT2D eigenvalue weighted by Gasteiger charge is -2.28. The molecule has 0 bridgehead atoms. The molecule has 0 amide bonds. The average molecular weight is 806 g/mol. The van der Waals surface area contributed by atoms with Gasteiger partial charge in [0.1, 0.15) is 11.3 Å². The van der Waals surface area contributed by atoms with Crippen LogP contribution in [0.4, 0.5) is 17.1 Å². The average Bonchev–Trinajstić information content (AvgIpc) is 3.71. The van der Waals surface area contributed by atoms with Gasteiger partial charge in [0.15, 0.2) is 0 Å². The van der Waals surface area contributed by atoms with E-state index < -0.39 is 0 Å². The van der Waals surface area contributed by atoms with Crippen molar-refractivity contribution in [3.63, 3.8) is 0 Å². The molecule has 298 valence electrons. The molecule has 0 aliphatic heterocycles. The predicted octanol–water partition coefficient (Wildman–Crippen LogP) is 17.4. The van der Waals surface area contributed by atoms with Crippen LogP contribution < -0.4 is 4.90 Å². The molecule has 11 rings (SSSR count). The van der Waals surface area contributed by atoms with Crippen LogP contribution in [0.3, 0.4) is 0 Å². The van der Waals surface area contributed by atoms with Gasteiger partial charge in [0, 0.05) is 33.5 Å². The van der Waals surface area contributed by atoms with E-state index in [-0.39, 0.29) is 0 Å². The molecule has 1 aromatic heterocycles. The molecule has 2 nitrogen and oxygen atoms in total. The summed E-state index contributed by atoms with van der Waals surface area (Å²) in [5.74, 6) is 0.924. The Bertz CT molecular complexity index is 3360. The van der Waals surface area contributed by atoms with Gasteiger partial charge in [-0.2, -0.15) is 0 Å². The Hall–Kier alpha value is -8.20. The fourth-order valence-electron chi connectivity index (χ4n) is 8.93. The number of anilines is 3. The van der Waals surface area contributed by atoms with Gasteiger partial charge in [-0.25, -0.2) is 0 Å². The molecule has 11 aromatic rings. The zero-order valence-electron chi connectivity index (χ0n) is 34.9. The van der Waals surface area contributed by atoms with Gasteiger partial charge in [-0.05, 0) is 116 Å². The van der Waals surface area contributed by atoms with Crippen molar-refractivity contribution >= 4 is 38.8 Å². The predicted molar refractivity (Wildman–Crippen MR) is 266 cm³/mol. The number of furan rings is 1. The van der Waals surface area contributed by atoms with E-state index in [0.717, 1.165) is 67.2 Å². The summed E-state index contributed by atoms with van der Waals surface area (Å²) in [5, 5.41) is 3.65. The number of hydrogen-bond acceptors (Lipinski definition) is 2. The van der Waals surface area contributed by atoms with Crippen molar-refractivity contribution in [1.29, 1.82) is 0 Å². The maximum Gasteiger partial charge on any atom is 0.138 e. The van der Waals surface area contributed by atoms with Gasteiger partial charge in [0.25, 0.3) is 0 Å². The monoisotopic (exact) mass is 805 g/mol. The zero-order valence-corrected chi connectivity index (χ0v) is 34.9. The molecule has 0 unspecified atom stereocenters. The standard InChI is InChI=1S/C61H43NO/c1-42-57-18-8-10-21-60(57)63-61(42)54-17-11-16-52(41-54)48-24-22-46(23-25-48)47-32-36-55(37-33-47)62(56-38-34-49(35-39-56)53-31-28-44-14-5-6-15-51(44)40-53)59-20-9-7-19-58(59)50-29-26-45(27-30-50)43-12-3-2-4-13-43/h2-41H,1H3. The topological polar surface area (TPSA) is 16.4 Å². The van der Waals surface area contributed by atoms with Crippen molar-refractivity contribution in [2.24, 2.45) is 0 Å². The van der Waals surface area contributed by atoms with E-state index in [2.05, 4.69) is 242 Å². The summed E-state index contributed by atoms with van der Waals surface area (Å²) < 4.78 is 6.32. The first-order chi connectivity index (χ1) is 31.1. The minimum absolute atomic E-state index is 0.918. The van der Waals surface area contributed by atoms with Crippen LogP contribution in [0.15, 0.2) is 247 Å². The number of benzene rings is 10. The summed E-state index contributed by atoms with van der Waals surface area (Å²) in [7, 11) is 0. The molecule has 0 radical (unpaired) electrons. The number of nitrogens with zero attached hydrogens (tertiary/aromatic N) is 1. The molecule has 10 aromatic carbocycles. The van der Waals surface area contributed by atoms with E-state index in [4.69, 9.17) is 4.42 Å². The van der Waals surface area contributed by atoms with Crippen LogP contribution in [-0.4, -0.2) is 0 Å². The van der Waals surface area contributed by atoms with E-state index in [1.165, 1.54) is 44.2 Å². The van der Waals surface area contributed by atoms with Crippen molar-refractivity contribution in [3.05, 3.63) is 248 Å². The highest BCUT2D eigenvalue weighted by atomic mass is 16.3. The number of para-hydroxylation sites is 2. The van der Waals surface area contributed by atoms with Crippen LogP contribution in [0, 0.1) is 6.92 Å². The minimum Gasteiger partial charge on any atom is -0.456 e. The summed E-state index contributed by atoms with van der Waals surface area (Å²) in [6, 6.07) is 87.2. The van der Waals surface area contributed by atoms with E-state index in [1.54, 1.807) is 0 Å². The summed E-state index contributed by atoms with van der Waals surface area (Å²) in [6.07, 6.45) is 0. The number of fused-ring (bicyclic) bond motifs is 2. The van der Waals surface area contributed by atoms with Crippen LogP contribution in [-0.2, 0) is 0 Å². The molecule has 0 saturated carbocycles. The molecule has 0 atom stereocenters. The highest BCUT2D eigenvalue weighted by molar-refractivity contribution is 5.92. The van der Waals surface area contributed by atoms with Crippen molar-refractivity contribution in [2.45, 2.75) is 6.92 Å². The van der Waals surface area contributed by atoms with E-state index in [0.29, 0.717) is 0 Å². The fourth-order valence-corrected chi connectivity index (χ4v) is 8.93. The largest absolute Gasteiger partial charge is 0.456 e. The number of rotatable bonds is 9. The second kappa shape index (κ2) is 16.3. The number of hydrogen-bond donors (Lipinski definition) is 0. The molecular formula is C61H43NO. The summed E-state index contributed by atoms with van der Waals surface area (Å²) >= 11 is 0. The molecule has 2 heteroatoms. The third-order valence-corrected chi connectivity index (χ3v) is 12.3. The molecule has 0 fully saturated rings. The van der Waals surface area contributed by atoms with Gasteiger partial charge in [-0.1, -0.05) is 194 Å². The summed E-state index contributed by atoms with van der Waals surface area (Å²) in [5.41, 5.74) is 18.2. The highest BCUT2D eigenvalue weighted by Gasteiger charge is 2.18. The molecule has 0 saturated heterocycles. The van der Waals surface area contributed by atoms with E-state index >= 15 is 0 Å². The van der Waals surface area contributed by atoms with Gasteiger partial charge in [0.2, 0.25) is 0 Å². The Morgan fingerprint density at radius 2 is 0.778 bits per heavy atom.